The number of ether oxygens (including phenoxy) is 1. The number of rotatable bonds is 12. The zero-order valence-electron chi connectivity index (χ0n) is 23.0. The minimum atomic E-state index is -1.30. The summed E-state index contributed by atoms with van der Waals surface area (Å²) in [5.74, 6) is -1.78. The molecule has 2 atom stereocenters. The minimum Gasteiger partial charge on any atom is -0.444 e. The summed E-state index contributed by atoms with van der Waals surface area (Å²) in [5.41, 5.74) is 6.72. The molecule has 0 saturated heterocycles. The van der Waals surface area contributed by atoms with Crippen molar-refractivity contribution in [1.82, 2.24) is 10.2 Å². The fraction of sp³-hybridized carbons (Fsp3) is 0.448. The van der Waals surface area contributed by atoms with E-state index in [1.165, 1.54) is 4.90 Å². The number of aryl methyl sites for hydroxylation is 1. The molecule has 0 aliphatic heterocycles. The van der Waals surface area contributed by atoms with Crippen molar-refractivity contribution in [3.63, 3.8) is 0 Å². The van der Waals surface area contributed by atoms with E-state index in [0.29, 0.717) is 17.7 Å². The maximum Gasteiger partial charge on any atom is 0.408 e. The van der Waals surface area contributed by atoms with Gasteiger partial charge in [0.15, 0.2) is 0 Å². The lowest BCUT2D eigenvalue weighted by atomic mass is 10.0. The maximum atomic E-state index is 14.0. The summed E-state index contributed by atoms with van der Waals surface area (Å²) in [7, 11) is 0. The van der Waals surface area contributed by atoms with Gasteiger partial charge in [0, 0.05) is 12.2 Å². The first-order valence-electron chi connectivity index (χ1n) is 12.9. The first kappa shape index (κ1) is 30.3. The second-order valence-electron chi connectivity index (χ2n) is 10.2. The third kappa shape index (κ3) is 9.53. The highest BCUT2D eigenvalue weighted by atomic mass is 16.6. The van der Waals surface area contributed by atoms with Crippen LogP contribution < -0.4 is 16.4 Å². The normalized spacial score (nSPS) is 12.7. The minimum absolute atomic E-state index is 0.235. The molecule has 4 N–H and O–H groups in total. The van der Waals surface area contributed by atoms with E-state index >= 15 is 0 Å². The number of alkyl carbamates (subject to hydrolysis) is 1. The lowest BCUT2D eigenvalue weighted by Gasteiger charge is -2.34. The number of hydrogen-bond acceptors (Lipinski definition) is 5. The zero-order chi connectivity index (χ0) is 28.3. The molecule has 0 saturated carbocycles. The molecule has 2 rings (SSSR count). The Morgan fingerprint density at radius 3 is 2.18 bits per heavy atom. The third-order valence-electron chi connectivity index (χ3n) is 5.76. The summed E-state index contributed by atoms with van der Waals surface area (Å²) in [6, 6.07) is 14.0. The van der Waals surface area contributed by atoms with Crippen LogP contribution in [0.5, 0.6) is 0 Å². The predicted octanol–water partition coefficient (Wildman–Crippen LogP) is 4.46. The topological polar surface area (TPSA) is 131 Å². The van der Waals surface area contributed by atoms with Crippen LogP contribution in [-0.2, 0) is 19.1 Å². The molecule has 9 nitrogen and oxygen atoms in total. The molecule has 38 heavy (non-hydrogen) atoms. The van der Waals surface area contributed by atoms with Crippen LogP contribution in [0.1, 0.15) is 70.5 Å². The van der Waals surface area contributed by atoms with Gasteiger partial charge in [-0.15, -0.1) is 0 Å². The summed E-state index contributed by atoms with van der Waals surface area (Å²) < 4.78 is 5.31. The number of anilines is 1. The monoisotopic (exact) mass is 524 g/mol. The van der Waals surface area contributed by atoms with E-state index in [4.69, 9.17) is 10.5 Å². The van der Waals surface area contributed by atoms with E-state index in [-0.39, 0.29) is 6.54 Å². The largest absolute Gasteiger partial charge is 0.444 e. The van der Waals surface area contributed by atoms with Crippen LogP contribution >= 0.6 is 0 Å². The van der Waals surface area contributed by atoms with E-state index in [2.05, 4.69) is 10.6 Å². The lowest BCUT2D eigenvalue weighted by Crippen LogP contribution is -2.53. The average Bonchev–Trinajstić information content (AvgIpc) is 2.83. The van der Waals surface area contributed by atoms with Crippen molar-refractivity contribution in [2.75, 3.05) is 11.9 Å². The van der Waals surface area contributed by atoms with E-state index in [0.717, 1.165) is 18.4 Å². The summed E-state index contributed by atoms with van der Waals surface area (Å²) in [4.78, 5) is 53.6. The van der Waals surface area contributed by atoms with Crippen LogP contribution in [0, 0.1) is 6.92 Å². The standard InChI is InChI=1S/C29H40N4O5/c1-6-7-13-18-33(27(36)23(19-24(30)34)32-28(37)38-29(3,4)5)25(21-15-9-8-10-16-21)26(35)31-22-17-12-11-14-20(22)2/h8-12,14-17,23,25H,6-7,13,18-19H2,1-5H3,(H2,30,34)(H,31,35)(H,32,37). The Hall–Kier alpha value is -3.88. The number of benzene rings is 2. The van der Waals surface area contributed by atoms with Gasteiger partial charge in [-0.3, -0.25) is 14.4 Å². The van der Waals surface area contributed by atoms with Gasteiger partial charge in [-0.25, -0.2) is 4.79 Å². The van der Waals surface area contributed by atoms with Gasteiger partial charge in [0.05, 0.1) is 6.42 Å². The Bertz CT molecular complexity index is 1100. The van der Waals surface area contributed by atoms with Gasteiger partial charge in [0.25, 0.3) is 5.91 Å². The number of para-hydroxylation sites is 1. The molecule has 0 aromatic heterocycles. The highest BCUT2D eigenvalue weighted by Crippen LogP contribution is 2.26. The first-order chi connectivity index (χ1) is 17.9. The fourth-order valence-electron chi connectivity index (χ4n) is 3.97. The van der Waals surface area contributed by atoms with Gasteiger partial charge < -0.3 is 26.0 Å². The molecule has 0 bridgehead atoms. The predicted molar refractivity (Wildman–Crippen MR) is 147 cm³/mol. The smallest absolute Gasteiger partial charge is 0.408 e. The van der Waals surface area contributed by atoms with Gasteiger partial charge in [0.1, 0.15) is 17.7 Å². The first-order valence-corrected chi connectivity index (χ1v) is 12.9. The van der Waals surface area contributed by atoms with Gasteiger partial charge >= 0.3 is 6.09 Å². The molecular formula is C29H40N4O5. The Labute approximate surface area is 225 Å². The molecule has 2 unspecified atom stereocenters. The summed E-state index contributed by atoms with van der Waals surface area (Å²) in [6.07, 6.45) is 1.05. The van der Waals surface area contributed by atoms with Crippen molar-refractivity contribution in [3.8, 4) is 0 Å². The number of carbonyl (C=O) groups is 4. The molecule has 0 heterocycles. The fourth-order valence-corrected chi connectivity index (χ4v) is 3.97. The van der Waals surface area contributed by atoms with E-state index in [1.54, 1.807) is 51.1 Å². The summed E-state index contributed by atoms with van der Waals surface area (Å²) >= 11 is 0. The van der Waals surface area contributed by atoms with Crippen LogP contribution in [0.4, 0.5) is 10.5 Å². The Morgan fingerprint density at radius 2 is 1.61 bits per heavy atom. The highest BCUT2D eigenvalue weighted by Gasteiger charge is 2.36. The molecule has 0 spiro atoms. The molecule has 9 heteroatoms. The van der Waals surface area contributed by atoms with E-state index in [9.17, 15) is 19.2 Å². The number of carbonyl (C=O) groups excluding carboxylic acids is 4. The van der Waals surface area contributed by atoms with E-state index < -0.39 is 47.9 Å². The van der Waals surface area contributed by atoms with Gasteiger partial charge in [-0.1, -0.05) is 68.3 Å². The molecule has 206 valence electrons. The summed E-state index contributed by atoms with van der Waals surface area (Å²) in [6.45, 7) is 9.22. The molecule has 0 radical (unpaired) electrons. The molecule has 0 fully saturated rings. The highest BCUT2D eigenvalue weighted by molar-refractivity contribution is 6.00. The average molecular weight is 525 g/mol. The molecular weight excluding hydrogens is 484 g/mol. The van der Waals surface area contributed by atoms with Crippen molar-refractivity contribution in [1.29, 1.82) is 0 Å². The second kappa shape index (κ2) is 14.2. The van der Waals surface area contributed by atoms with Gasteiger partial charge in [-0.05, 0) is 51.3 Å². The number of amides is 4. The lowest BCUT2D eigenvalue weighted by molar-refractivity contribution is -0.142. The molecule has 2 aromatic rings. The Morgan fingerprint density at radius 1 is 0.974 bits per heavy atom. The van der Waals surface area contributed by atoms with Crippen molar-refractivity contribution in [2.45, 2.75) is 78.0 Å². The number of nitrogens with two attached hydrogens (primary N) is 1. The molecule has 0 aliphatic carbocycles. The Balaban J connectivity index is 2.50. The van der Waals surface area contributed by atoms with Crippen LogP contribution in [-0.4, -0.2) is 46.9 Å². The van der Waals surface area contributed by atoms with Gasteiger partial charge in [-0.2, -0.15) is 0 Å². The number of nitrogens with zero attached hydrogens (tertiary/aromatic N) is 1. The SMILES string of the molecule is CCCCCN(C(=O)C(CC(N)=O)NC(=O)OC(C)(C)C)C(C(=O)Nc1ccccc1C)c1ccccc1. The van der Waals surface area contributed by atoms with Crippen molar-refractivity contribution in [3.05, 3.63) is 65.7 Å². The zero-order valence-corrected chi connectivity index (χ0v) is 23.0. The number of nitrogens with one attached hydrogen (secondary N) is 2. The van der Waals surface area contributed by atoms with E-state index in [1.807, 2.05) is 38.1 Å². The maximum absolute atomic E-state index is 14.0. The molecule has 4 amide bonds. The van der Waals surface area contributed by atoms with Crippen molar-refractivity contribution < 1.29 is 23.9 Å². The molecule has 2 aromatic carbocycles. The van der Waals surface area contributed by atoms with Crippen LogP contribution in [0.3, 0.4) is 0 Å². The number of hydrogen-bond donors (Lipinski definition) is 3. The number of unbranched alkanes of at least 4 members (excludes halogenated alkanes) is 2. The van der Waals surface area contributed by atoms with Crippen LogP contribution in [0.25, 0.3) is 0 Å². The van der Waals surface area contributed by atoms with Crippen molar-refractivity contribution in [2.24, 2.45) is 5.73 Å². The second-order valence-corrected chi connectivity index (χ2v) is 10.2. The van der Waals surface area contributed by atoms with Gasteiger partial charge in [0.2, 0.25) is 11.8 Å². The van der Waals surface area contributed by atoms with Crippen LogP contribution in [0.2, 0.25) is 0 Å². The quantitative estimate of drug-likeness (QED) is 0.353. The van der Waals surface area contributed by atoms with Crippen LogP contribution in [0.15, 0.2) is 54.6 Å². The third-order valence-corrected chi connectivity index (χ3v) is 5.76. The number of primary amides is 1. The molecule has 0 aliphatic rings. The Kier molecular flexibility index (Phi) is 11.3. The summed E-state index contributed by atoms with van der Waals surface area (Å²) in [5, 5.41) is 5.44. The van der Waals surface area contributed by atoms with Crippen molar-refractivity contribution >= 4 is 29.5 Å².